The summed E-state index contributed by atoms with van der Waals surface area (Å²) >= 11 is 0. The number of aromatic nitrogens is 1. The average Bonchev–Trinajstić information content (AvgIpc) is 2.86. The zero-order chi connectivity index (χ0) is 16.4. The van der Waals surface area contributed by atoms with Crippen molar-refractivity contribution in [3.8, 4) is 11.8 Å². The Bertz CT molecular complexity index is 918. The number of nitriles is 1. The maximum atomic E-state index is 12.8. The van der Waals surface area contributed by atoms with Crippen molar-refractivity contribution in [2.24, 2.45) is 0 Å². The van der Waals surface area contributed by atoms with E-state index in [4.69, 9.17) is 10.5 Å². The number of pyridine rings is 1. The second-order valence-electron chi connectivity index (χ2n) is 4.99. The number of carbonyl (C=O) groups is 1. The second kappa shape index (κ2) is 5.85. The third kappa shape index (κ3) is 2.40. The summed E-state index contributed by atoms with van der Waals surface area (Å²) in [6.07, 6.45) is 1.73. The first-order valence-corrected chi connectivity index (χ1v) is 7.23. The summed E-state index contributed by atoms with van der Waals surface area (Å²) in [5.74, 6) is 0.475. The van der Waals surface area contributed by atoms with E-state index < -0.39 is 0 Å². The van der Waals surface area contributed by atoms with Crippen molar-refractivity contribution < 1.29 is 9.53 Å². The van der Waals surface area contributed by atoms with Crippen LogP contribution in [0.5, 0.6) is 5.75 Å². The Labute approximate surface area is 133 Å². The molecule has 0 radical (unpaired) electrons. The maximum Gasteiger partial charge on any atom is 0.211 e. The van der Waals surface area contributed by atoms with Gasteiger partial charge in [-0.2, -0.15) is 5.26 Å². The first-order chi connectivity index (χ1) is 11.2. The first-order valence-electron chi connectivity index (χ1n) is 7.23. The number of nitrogens with two attached hydrogens (primary N) is 1. The fourth-order valence-electron chi connectivity index (χ4n) is 2.58. The summed E-state index contributed by atoms with van der Waals surface area (Å²) in [6.45, 7) is 2.46. The number of fused-ring (bicyclic) bond motifs is 1. The Hall–Kier alpha value is -3.26. The van der Waals surface area contributed by atoms with E-state index in [-0.39, 0.29) is 11.5 Å². The lowest BCUT2D eigenvalue weighted by Gasteiger charge is -2.06. The molecule has 0 unspecified atom stereocenters. The molecule has 0 atom stereocenters. The molecule has 5 heteroatoms. The zero-order valence-electron chi connectivity index (χ0n) is 12.6. The molecule has 2 aromatic heterocycles. The smallest absolute Gasteiger partial charge is 0.211 e. The summed E-state index contributed by atoms with van der Waals surface area (Å²) in [4.78, 5) is 12.8. The number of rotatable bonds is 4. The molecular weight excluding hydrogens is 290 g/mol. The Balaban J connectivity index is 2.11. The molecule has 0 amide bonds. The normalized spacial score (nSPS) is 10.4. The van der Waals surface area contributed by atoms with Crippen LogP contribution in [0.25, 0.3) is 5.52 Å². The molecule has 0 saturated heterocycles. The minimum Gasteiger partial charge on any atom is -0.494 e. The quantitative estimate of drug-likeness (QED) is 0.751. The van der Waals surface area contributed by atoms with Crippen LogP contribution in [0.15, 0.2) is 48.7 Å². The summed E-state index contributed by atoms with van der Waals surface area (Å²) in [6, 6.07) is 14.3. The molecular formula is C18H15N3O2. The van der Waals surface area contributed by atoms with Gasteiger partial charge in [0.15, 0.2) is 0 Å². The van der Waals surface area contributed by atoms with E-state index in [0.717, 1.165) is 0 Å². The van der Waals surface area contributed by atoms with Crippen LogP contribution in [0.4, 0.5) is 5.69 Å². The van der Waals surface area contributed by atoms with Gasteiger partial charge in [-0.1, -0.05) is 6.07 Å². The Morgan fingerprint density at radius 2 is 2.00 bits per heavy atom. The van der Waals surface area contributed by atoms with E-state index in [1.165, 1.54) is 0 Å². The molecule has 114 valence electrons. The molecule has 0 bridgehead atoms. The molecule has 3 rings (SSSR count). The van der Waals surface area contributed by atoms with Crippen molar-refractivity contribution in [1.82, 2.24) is 4.40 Å². The molecule has 3 aromatic rings. The van der Waals surface area contributed by atoms with Crippen LogP contribution >= 0.6 is 0 Å². The van der Waals surface area contributed by atoms with E-state index in [1.807, 2.05) is 6.92 Å². The van der Waals surface area contributed by atoms with Gasteiger partial charge in [0, 0.05) is 11.8 Å². The molecule has 0 aliphatic heterocycles. The van der Waals surface area contributed by atoms with Gasteiger partial charge in [-0.05, 0) is 43.3 Å². The summed E-state index contributed by atoms with van der Waals surface area (Å²) < 4.78 is 7.04. The van der Waals surface area contributed by atoms with Gasteiger partial charge >= 0.3 is 0 Å². The number of benzene rings is 1. The van der Waals surface area contributed by atoms with Crippen LogP contribution in [-0.4, -0.2) is 16.8 Å². The van der Waals surface area contributed by atoms with Crippen molar-refractivity contribution in [2.45, 2.75) is 6.92 Å². The molecule has 2 heterocycles. The van der Waals surface area contributed by atoms with Gasteiger partial charge in [-0.25, -0.2) is 0 Å². The van der Waals surface area contributed by atoms with E-state index in [9.17, 15) is 10.1 Å². The van der Waals surface area contributed by atoms with Crippen LogP contribution in [0.2, 0.25) is 0 Å². The first kappa shape index (κ1) is 14.7. The molecule has 1 aromatic carbocycles. The molecule has 0 spiro atoms. The van der Waals surface area contributed by atoms with Crippen molar-refractivity contribution in [2.75, 3.05) is 12.3 Å². The van der Waals surface area contributed by atoms with Crippen molar-refractivity contribution in [1.29, 1.82) is 5.26 Å². The predicted octanol–water partition coefficient (Wildman–Crippen LogP) is 3.02. The van der Waals surface area contributed by atoms with Crippen LogP contribution in [0.3, 0.4) is 0 Å². The highest BCUT2D eigenvalue weighted by molar-refractivity contribution is 6.13. The van der Waals surface area contributed by atoms with Crippen molar-refractivity contribution in [3.63, 3.8) is 0 Å². The number of hydrogen-bond acceptors (Lipinski definition) is 4. The van der Waals surface area contributed by atoms with Crippen LogP contribution in [0.1, 0.15) is 28.5 Å². The molecule has 0 aliphatic carbocycles. The monoisotopic (exact) mass is 305 g/mol. The highest BCUT2D eigenvalue weighted by Gasteiger charge is 2.22. The lowest BCUT2D eigenvalue weighted by molar-refractivity contribution is 0.103. The summed E-state index contributed by atoms with van der Waals surface area (Å²) in [5.41, 5.74) is 8.01. The third-order valence-electron chi connectivity index (χ3n) is 3.64. The van der Waals surface area contributed by atoms with Gasteiger partial charge in [-0.3, -0.25) is 4.79 Å². The predicted molar refractivity (Wildman–Crippen MR) is 87.6 cm³/mol. The lowest BCUT2D eigenvalue weighted by atomic mass is 10.1. The second-order valence-corrected chi connectivity index (χ2v) is 4.99. The number of ether oxygens (including phenoxy) is 1. The molecule has 5 nitrogen and oxygen atoms in total. The Morgan fingerprint density at radius 1 is 1.26 bits per heavy atom. The molecule has 0 aliphatic rings. The number of ketones is 1. The third-order valence-corrected chi connectivity index (χ3v) is 3.64. The minimum absolute atomic E-state index is 0.206. The maximum absolute atomic E-state index is 12.8. The molecule has 23 heavy (non-hydrogen) atoms. The summed E-state index contributed by atoms with van der Waals surface area (Å²) in [7, 11) is 0. The van der Waals surface area contributed by atoms with E-state index in [0.29, 0.717) is 34.7 Å². The molecule has 0 fully saturated rings. The van der Waals surface area contributed by atoms with Crippen LogP contribution < -0.4 is 10.5 Å². The number of carbonyl (C=O) groups excluding carboxylic acids is 1. The van der Waals surface area contributed by atoms with Gasteiger partial charge in [0.1, 0.15) is 23.1 Å². The van der Waals surface area contributed by atoms with Gasteiger partial charge in [0.2, 0.25) is 5.78 Å². The van der Waals surface area contributed by atoms with E-state index in [1.54, 1.807) is 53.1 Å². The molecule has 0 saturated carbocycles. The minimum atomic E-state index is -0.228. The SMILES string of the molecule is CCOc1ccc(C(=O)c2c(N)c(C#N)c3ccccn23)cc1. The highest BCUT2D eigenvalue weighted by Crippen LogP contribution is 2.28. The largest absolute Gasteiger partial charge is 0.494 e. The van der Waals surface area contributed by atoms with Crippen molar-refractivity contribution in [3.05, 3.63) is 65.5 Å². The topological polar surface area (TPSA) is 80.5 Å². The van der Waals surface area contributed by atoms with Gasteiger partial charge in [0.05, 0.1) is 17.8 Å². The standard InChI is InChI=1S/C18H15N3O2/c1-2-23-13-8-6-12(7-9-13)18(22)17-16(20)14(11-19)15-5-3-4-10-21(15)17/h3-10H,2,20H2,1H3. The van der Waals surface area contributed by atoms with Crippen molar-refractivity contribution >= 4 is 17.0 Å². The number of hydrogen-bond donors (Lipinski definition) is 1. The molecule has 2 N–H and O–H groups in total. The van der Waals surface area contributed by atoms with Gasteiger partial charge < -0.3 is 14.9 Å². The fourth-order valence-corrected chi connectivity index (χ4v) is 2.58. The Morgan fingerprint density at radius 3 is 2.65 bits per heavy atom. The van der Waals surface area contributed by atoms with Gasteiger partial charge in [0.25, 0.3) is 0 Å². The number of nitrogens with zero attached hydrogens (tertiary/aromatic N) is 2. The van der Waals surface area contributed by atoms with Crippen LogP contribution in [-0.2, 0) is 0 Å². The zero-order valence-corrected chi connectivity index (χ0v) is 12.6. The van der Waals surface area contributed by atoms with Crippen LogP contribution in [0, 0.1) is 11.3 Å². The fraction of sp³-hybridized carbons (Fsp3) is 0.111. The van der Waals surface area contributed by atoms with E-state index >= 15 is 0 Å². The Kier molecular flexibility index (Phi) is 3.73. The number of anilines is 1. The van der Waals surface area contributed by atoms with E-state index in [2.05, 4.69) is 6.07 Å². The summed E-state index contributed by atoms with van der Waals surface area (Å²) in [5, 5.41) is 9.31. The average molecular weight is 305 g/mol. The highest BCUT2D eigenvalue weighted by atomic mass is 16.5. The lowest BCUT2D eigenvalue weighted by Crippen LogP contribution is -2.08. The number of nitrogen functional groups attached to an aromatic ring is 1. The van der Waals surface area contributed by atoms with Gasteiger partial charge in [-0.15, -0.1) is 0 Å².